The number of nitrogens with zero attached hydrogens (tertiary/aromatic N) is 1. The maximum Gasteiger partial charge on any atom is 0.120 e. The van der Waals surface area contributed by atoms with Crippen LogP contribution < -0.4 is 10.1 Å². The van der Waals surface area contributed by atoms with Crippen molar-refractivity contribution in [3.8, 4) is 5.75 Å². The number of nitrogens with one attached hydrogen (secondary N) is 1. The molecule has 0 bridgehead atoms. The van der Waals surface area contributed by atoms with E-state index in [4.69, 9.17) is 16.3 Å². The molecule has 4 heteroatoms. The lowest BCUT2D eigenvalue weighted by Crippen LogP contribution is -2.33. The fraction of sp³-hybridized carbons (Fsp3) is 0.625. The van der Waals surface area contributed by atoms with Gasteiger partial charge in [0.2, 0.25) is 0 Å². The molecule has 0 aliphatic carbocycles. The van der Waals surface area contributed by atoms with Crippen LogP contribution in [0.4, 0.5) is 0 Å². The third-order valence-corrected chi connectivity index (χ3v) is 4.32. The van der Waals surface area contributed by atoms with Gasteiger partial charge >= 0.3 is 0 Å². The van der Waals surface area contributed by atoms with Gasteiger partial charge in [0.15, 0.2) is 0 Å². The molecule has 2 rings (SSSR count). The Bertz CT molecular complexity index is 419. The van der Waals surface area contributed by atoms with Crippen LogP contribution in [-0.4, -0.2) is 38.2 Å². The molecule has 1 unspecified atom stereocenters. The SMILES string of the molecule is CNC(C)c1ccc(OCCN2CCCCC2)cc1Cl. The summed E-state index contributed by atoms with van der Waals surface area (Å²) < 4.78 is 5.81. The van der Waals surface area contributed by atoms with Gasteiger partial charge in [-0.05, 0) is 57.6 Å². The number of hydrogen-bond donors (Lipinski definition) is 1. The molecule has 3 nitrogen and oxygen atoms in total. The summed E-state index contributed by atoms with van der Waals surface area (Å²) in [7, 11) is 1.93. The van der Waals surface area contributed by atoms with Crippen LogP contribution >= 0.6 is 11.6 Å². The first-order valence-corrected chi connectivity index (χ1v) is 7.90. The maximum atomic E-state index is 6.30. The van der Waals surface area contributed by atoms with Crippen molar-refractivity contribution in [3.05, 3.63) is 28.8 Å². The van der Waals surface area contributed by atoms with Crippen molar-refractivity contribution in [1.29, 1.82) is 0 Å². The topological polar surface area (TPSA) is 24.5 Å². The predicted octanol–water partition coefficient (Wildman–Crippen LogP) is 3.49. The van der Waals surface area contributed by atoms with E-state index < -0.39 is 0 Å². The van der Waals surface area contributed by atoms with Crippen molar-refractivity contribution >= 4 is 11.6 Å². The Morgan fingerprint density at radius 1 is 1.30 bits per heavy atom. The second kappa shape index (κ2) is 7.87. The van der Waals surface area contributed by atoms with Crippen LogP contribution in [0.1, 0.15) is 37.8 Å². The Labute approximate surface area is 127 Å². The van der Waals surface area contributed by atoms with Crippen LogP contribution in [0.3, 0.4) is 0 Å². The summed E-state index contributed by atoms with van der Waals surface area (Å²) in [6, 6.07) is 6.22. The molecule has 1 N–H and O–H groups in total. The molecule has 112 valence electrons. The van der Waals surface area contributed by atoms with Crippen LogP contribution in [0, 0.1) is 0 Å². The van der Waals surface area contributed by atoms with Crippen molar-refractivity contribution in [2.45, 2.75) is 32.2 Å². The number of hydrogen-bond acceptors (Lipinski definition) is 3. The molecule has 0 aromatic heterocycles. The fourth-order valence-electron chi connectivity index (χ4n) is 2.58. The lowest BCUT2D eigenvalue weighted by molar-refractivity contribution is 0.183. The third kappa shape index (κ3) is 4.37. The molecule has 1 aromatic rings. The van der Waals surface area contributed by atoms with E-state index in [9.17, 15) is 0 Å². The first kappa shape index (κ1) is 15.6. The Morgan fingerprint density at radius 3 is 2.70 bits per heavy atom. The molecule has 1 aliphatic heterocycles. The number of likely N-dealkylation sites (tertiary alicyclic amines) is 1. The highest BCUT2D eigenvalue weighted by Gasteiger charge is 2.11. The average molecular weight is 297 g/mol. The quantitative estimate of drug-likeness (QED) is 0.870. The molecular weight excluding hydrogens is 272 g/mol. The van der Waals surface area contributed by atoms with Gasteiger partial charge in [0.1, 0.15) is 12.4 Å². The summed E-state index contributed by atoms with van der Waals surface area (Å²) in [5, 5.41) is 3.96. The van der Waals surface area contributed by atoms with E-state index in [1.165, 1.54) is 32.4 Å². The molecule has 1 saturated heterocycles. The fourth-order valence-corrected chi connectivity index (χ4v) is 2.91. The third-order valence-electron chi connectivity index (χ3n) is 4.00. The van der Waals surface area contributed by atoms with E-state index in [-0.39, 0.29) is 6.04 Å². The minimum absolute atomic E-state index is 0.255. The second-order valence-electron chi connectivity index (χ2n) is 5.44. The molecule has 0 amide bonds. The molecule has 1 aliphatic rings. The van der Waals surface area contributed by atoms with Crippen molar-refractivity contribution in [1.82, 2.24) is 10.2 Å². The molecule has 0 saturated carbocycles. The average Bonchev–Trinajstić information content (AvgIpc) is 2.48. The minimum Gasteiger partial charge on any atom is -0.492 e. The molecule has 0 radical (unpaired) electrons. The standard InChI is InChI=1S/C16H25ClN2O/c1-13(18-2)15-7-6-14(12-16(15)17)20-11-10-19-8-4-3-5-9-19/h6-7,12-13,18H,3-5,8-11H2,1-2H3. The molecule has 20 heavy (non-hydrogen) atoms. The largest absolute Gasteiger partial charge is 0.492 e. The number of halogens is 1. The lowest BCUT2D eigenvalue weighted by Gasteiger charge is -2.26. The van der Waals surface area contributed by atoms with E-state index in [0.29, 0.717) is 0 Å². The highest BCUT2D eigenvalue weighted by Crippen LogP contribution is 2.27. The van der Waals surface area contributed by atoms with Gasteiger partial charge in [-0.3, -0.25) is 4.90 Å². The van der Waals surface area contributed by atoms with E-state index >= 15 is 0 Å². The van der Waals surface area contributed by atoms with Gasteiger partial charge in [-0.2, -0.15) is 0 Å². The van der Waals surface area contributed by atoms with Gasteiger partial charge < -0.3 is 10.1 Å². The number of benzene rings is 1. The minimum atomic E-state index is 0.255. The molecule has 0 spiro atoms. The smallest absolute Gasteiger partial charge is 0.120 e. The van der Waals surface area contributed by atoms with E-state index in [1.807, 2.05) is 25.2 Å². The normalized spacial score (nSPS) is 17.9. The van der Waals surface area contributed by atoms with Crippen LogP contribution in [0.25, 0.3) is 0 Å². The molecule has 1 fully saturated rings. The van der Waals surface area contributed by atoms with Gasteiger partial charge in [-0.1, -0.05) is 24.1 Å². The lowest BCUT2D eigenvalue weighted by atomic mass is 10.1. The van der Waals surface area contributed by atoms with Crippen LogP contribution in [-0.2, 0) is 0 Å². The van der Waals surface area contributed by atoms with E-state index in [0.717, 1.165) is 29.5 Å². The zero-order chi connectivity index (χ0) is 14.4. The first-order chi connectivity index (χ1) is 9.70. The summed E-state index contributed by atoms with van der Waals surface area (Å²) in [5.74, 6) is 0.860. The zero-order valence-electron chi connectivity index (χ0n) is 12.5. The number of piperidine rings is 1. The van der Waals surface area contributed by atoms with E-state index in [2.05, 4.69) is 17.1 Å². The van der Waals surface area contributed by atoms with Crippen molar-refractivity contribution in [2.75, 3.05) is 33.3 Å². The van der Waals surface area contributed by atoms with Crippen LogP contribution in [0.15, 0.2) is 18.2 Å². The number of ether oxygens (including phenoxy) is 1. The predicted molar refractivity (Wildman–Crippen MR) is 84.7 cm³/mol. The highest BCUT2D eigenvalue weighted by atomic mass is 35.5. The van der Waals surface area contributed by atoms with E-state index in [1.54, 1.807) is 0 Å². The van der Waals surface area contributed by atoms with Gasteiger partial charge in [0.05, 0.1) is 0 Å². The van der Waals surface area contributed by atoms with Crippen LogP contribution in [0.2, 0.25) is 5.02 Å². The van der Waals surface area contributed by atoms with Crippen molar-refractivity contribution < 1.29 is 4.74 Å². The molecule has 1 heterocycles. The molecular formula is C16H25ClN2O. The molecule has 1 aromatic carbocycles. The Morgan fingerprint density at radius 2 is 2.05 bits per heavy atom. The Hall–Kier alpha value is -0.770. The summed E-state index contributed by atoms with van der Waals surface area (Å²) in [6.07, 6.45) is 4.02. The maximum absolute atomic E-state index is 6.30. The van der Waals surface area contributed by atoms with Crippen molar-refractivity contribution in [2.24, 2.45) is 0 Å². The van der Waals surface area contributed by atoms with Crippen molar-refractivity contribution in [3.63, 3.8) is 0 Å². The number of rotatable bonds is 6. The Kier molecular flexibility index (Phi) is 6.14. The van der Waals surface area contributed by atoms with Crippen LogP contribution in [0.5, 0.6) is 5.75 Å². The monoisotopic (exact) mass is 296 g/mol. The van der Waals surface area contributed by atoms with Gasteiger partial charge in [0, 0.05) is 17.6 Å². The summed E-state index contributed by atoms with van der Waals surface area (Å²) in [4.78, 5) is 2.47. The highest BCUT2D eigenvalue weighted by molar-refractivity contribution is 6.31. The second-order valence-corrected chi connectivity index (χ2v) is 5.85. The zero-order valence-corrected chi connectivity index (χ0v) is 13.2. The van der Waals surface area contributed by atoms with Gasteiger partial charge in [-0.25, -0.2) is 0 Å². The Balaban J connectivity index is 1.82. The summed E-state index contributed by atoms with van der Waals surface area (Å²) >= 11 is 6.30. The van der Waals surface area contributed by atoms with Gasteiger partial charge in [0.25, 0.3) is 0 Å². The summed E-state index contributed by atoms with van der Waals surface area (Å²) in [6.45, 7) is 6.26. The molecule has 1 atom stereocenters. The van der Waals surface area contributed by atoms with Gasteiger partial charge in [-0.15, -0.1) is 0 Å². The summed E-state index contributed by atoms with van der Waals surface area (Å²) in [5.41, 5.74) is 1.11. The first-order valence-electron chi connectivity index (χ1n) is 7.52.